The zero-order valence-corrected chi connectivity index (χ0v) is 14.6. The van der Waals surface area contributed by atoms with Crippen molar-refractivity contribution in [3.8, 4) is 5.75 Å². The van der Waals surface area contributed by atoms with Crippen molar-refractivity contribution in [2.45, 2.75) is 37.0 Å². The highest BCUT2D eigenvalue weighted by atomic mass is 35.5. The number of hydrogen-bond donors (Lipinski definition) is 2. The summed E-state index contributed by atoms with van der Waals surface area (Å²) < 4.78 is 1.99. The van der Waals surface area contributed by atoms with Gasteiger partial charge in [0.2, 0.25) is 5.91 Å². The van der Waals surface area contributed by atoms with Crippen LogP contribution in [0.25, 0.3) is 0 Å². The number of benzene rings is 1. The third-order valence-corrected chi connectivity index (χ3v) is 6.28. The fourth-order valence-corrected chi connectivity index (χ4v) is 4.77. The van der Waals surface area contributed by atoms with E-state index < -0.39 is 0 Å². The molecule has 1 unspecified atom stereocenters. The van der Waals surface area contributed by atoms with E-state index in [0.717, 1.165) is 29.8 Å². The zero-order valence-electron chi connectivity index (χ0n) is 13.0. The maximum atomic E-state index is 12.2. The van der Waals surface area contributed by atoms with Gasteiger partial charge >= 0.3 is 0 Å². The highest BCUT2D eigenvalue weighted by molar-refractivity contribution is 8.00. The van der Waals surface area contributed by atoms with Crippen LogP contribution in [0.1, 0.15) is 48.1 Å². The Morgan fingerprint density at radius 2 is 2.12 bits per heavy atom. The summed E-state index contributed by atoms with van der Waals surface area (Å²) >= 11 is 7.63. The molecule has 0 spiro atoms. The average Bonchev–Trinajstić information content (AvgIpc) is 3.18. The number of fused-ring (bicyclic) bond motifs is 1. The first-order valence-electron chi connectivity index (χ1n) is 8.11. The second kappa shape index (κ2) is 6.33. The van der Waals surface area contributed by atoms with Crippen LogP contribution in [-0.4, -0.2) is 26.5 Å². The van der Waals surface area contributed by atoms with E-state index in [4.69, 9.17) is 11.6 Å². The lowest BCUT2D eigenvalue weighted by Crippen LogP contribution is -2.18. The third-order valence-electron chi connectivity index (χ3n) is 4.69. The molecule has 2 heterocycles. The van der Waals surface area contributed by atoms with E-state index in [0.29, 0.717) is 16.8 Å². The van der Waals surface area contributed by atoms with Crippen molar-refractivity contribution in [2.24, 2.45) is 0 Å². The minimum atomic E-state index is -0.0350. The van der Waals surface area contributed by atoms with E-state index in [-0.39, 0.29) is 16.9 Å². The Bertz CT molecular complexity index is 786. The minimum absolute atomic E-state index is 0.00614. The monoisotopic (exact) mass is 363 g/mol. The van der Waals surface area contributed by atoms with Gasteiger partial charge in [0.25, 0.3) is 0 Å². The van der Waals surface area contributed by atoms with E-state index in [1.54, 1.807) is 23.9 Å². The standard InChI is InChI=1S/C17H18ClN3O2S/c18-13-7-10(5-6-14(13)22)16-12-8-19-21(11-3-1-2-4-11)17(12)20-15(23)9-24-16/h5-8,11,16,22H,1-4,9H2,(H,20,23). The van der Waals surface area contributed by atoms with Gasteiger partial charge in [0.05, 0.1) is 28.3 Å². The van der Waals surface area contributed by atoms with Crippen LogP contribution in [0.4, 0.5) is 5.82 Å². The first kappa shape index (κ1) is 15.8. The number of nitrogens with one attached hydrogen (secondary N) is 1. The summed E-state index contributed by atoms with van der Waals surface area (Å²) in [6.45, 7) is 0. The van der Waals surface area contributed by atoms with Crippen molar-refractivity contribution in [3.05, 3.63) is 40.5 Å². The number of phenolic OH excluding ortho intramolecular Hbond substituents is 1. The highest BCUT2D eigenvalue weighted by Gasteiger charge is 2.30. The number of rotatable bonds is 2. The quantitative estimate of drug-likeness (QED) is 0.841. The summed E-state index contributed by atoms with van der Waals surface area (Å²) in [6, 6.07) is 5.58. The Morgan fingerprint density at radius 3 is 2.88 bits per heavy atom. The highest BCUT2D eigenvalue weighted by Crippen LogP contribution is 2.44. The van der Waals surface area contributed by atoms with E-state index in [9.17, 15) is 9.90 Å². The molecule has 0 radical (unpaired) electrons. The van der Waals surface area contributed by atoms with Gasteiger partial charge in [0.15, 0.2) is 0 Å². The lowest BCUT2D eigenvalue weighted by Gasteiger charge is -2.17. The molecule has 1 saturated carbocycles. The fraction of sp³-hybridized carbons (Fsp3) is 0.412. The molecule has 2 aliphatic rings. The molecule has 24 heavy (non-hydrogen) atoms. The van der Waals surface area contributed by atoms with E-state index in [2.05, 4.69) is 10.4 Å². The van der Waals surface area contributed by atoms with Crippen LogP contribution in [0, 0.1) is 0 Å². The molecular formula is C17H18ClN3O2S. The van der Waals surface area contributed by atoms with Crippen LogP contribution in [0.2, 0.25) is 5.02 Å². The van der Waals surface area contributed by atoms with Gasteiger partial charge in [0, 0.05) is 5.56 Å². The molecule has 7 heteroatoms. The van der Waals surface area contributed by atoms with Gasteiger partial charge < -0.3 is 10.4 Å². The van der Waals surface area contributed by atoms with Crippen LogP contribution in [0.3, 0.4) is 0 Å². The van der Waals surface area contributed by atoms with Crippen LogP contribution in [0.5, 0.6) is 5.75 Å². The number of aromatic nitrogens is 2. The number of aromatic hydroxyl groups is 1. The second-order valence-corrected chi connectivity index (χ2v) is 7.78. The first-order valence-corrected chi connectivity index (χ1v) is 9.53. The molecule has 1 aliphatic carbocycles. The predicted octanol–water partition coefficient (Wildman–Crippen LogP) is 4.13. The smallest absolute Gasteiger partial charge is 0.235 e. The van der Waals surface area contributed by atoms with Crippen molar-refractivity contribution in [1.29, 1.82) is 0 Å². The van der Waals surface area contributed by atoms with Gasteiger partial charge in [-0.2, -0.15) is 5.10 Å². The summed E-state index contributed by atoms with van der Waals surface area (Å²) in [5.41, 5.74) is 1.96. The Morgan fingerprint density at radius 1 is 1.33 bits per heavy atom. The Kier molecular flexibility index (Phi) is 4.18. The largest absolute Gasteiger partial charge is 0.506 e. The van der Waals surface area contributed by atoms with Crippen LogP contribution in [0.15, 0.2) is 24.4 Å². The number of nitrogens with zero attached hydrogens (tertiary/aromatic N) is 2. The molecule has 1 aliphatic heterocycles. The third kappa shape index (κ3) is 2.78. The molecule has 2 aromatic rings. The molecule has 1 atom stereocenters. The van der Waals surface area contributed by atoms with Crippen LogP contribution < -0.4 is 5.32 Å². The maximum absolute atomic E-state index is 12.2. The van der Waals surface area contributed by atoms with Crippen molar-refractivity contribution in [3.63, 3.8) is 0 Å². The topological polar surface area (TPSA) is 67.1 Å². The van der Waals surface area contributed by atoms with E-state index in [1.807, 2.05) is 16.9 Å². The summed E-state index contributed by atoms with van der Waals surface area (Å²) in [7, 11) is 0. The normalized spacial score (nSPS) is 21.4. The Hall–Kier alpha value is -1.66. The Balaban J connectivity index is 1.77. The van der Waals surface area contributed by atoms with E-state index in [1.165, 1.54) is 12.8 Å². The molecule has 5 nitrogen and oxygen atoms in total. The van der Waals surface area contributed by atoms with Crippen molar-refractivity contribution in [2.75, 3.05) is 11.1 Å². The molecule has 1 amide bonds. The molecule has 2 N–H and O–H groups in total. The maximum Gasteiger partial charge on any atom is 0.235 e. The molecule has 0 saturated heterocycles. The van der Waals surface area contributed by atoms with Crippen molar-refractivity contribution < 1.29 is 9.90 Å². The van der Waals surface area contributed by atoms with Gasteiger partial charge in [-0.1, -0.05) is 30.5 Å². The molecule has 4 rings (SSSR count). The van der Waals surface area contributed by atoms with Gasteiger partial charge in [-0.25, -0.2) is 4.68 Å². The average molecular weight is 364 g/mol. The summed E-state index contributed by atoms with van der Waals surface area (Å²) in [5.74, 6) is 1.25. The number of phenols is 1. The summed E-state index contributed by atoms with van der Waals surface area (Å²) in [5, 5.41) is 17.6. The SMILES string of the molecule is O=C1CSC(c2ccc(O)c(Cl)c2)c2cnn(C3CCCC3)c2N1. The predicted molar refractivity (Wildman–Crippen MR) is 95.8 cm³/mol. The molecule has 1 fully saturated rings. The number of amides is 1. The molecule has 126 valence electrons. The minimum Gasteiger partial charge on any atom is -0.506 e. The van der Waals surface area contributed by atoms with Crippen LogP contribution >= 0.6 is 23.4 Å². The van der Waals surface area contributed by atoms with Crippen molar-refractivity contribution >= 4 is 35.1 Å². The number of halogens is 1. The molecule has 1 aromatic carbocycles. The number of carbonyl (C=O) groups is 1. The number of thioether (sulfide) groups is 1. The van der Waals surface area contributed by atoms with E-state index >= 15 is 0 Å². The number of anilines is 1. The fourth-order valence-electron chi connectivity index (χ4n) is 3.50. The second-order valence-electron chi connectivity index (χ2n) is 6.28. The molecule has 0 bridgehead atoms. The summed E-state index contributed by atoms with van der Waals surface area (Å²) in [4.78, 5) is 12.2. The molecule has 1 aromatic heterocycles. The van der Waals surface area contributed by atoms with Gasteiger partial charge in [0.1, 0.15) is 11.6 Å². The van der Waals surface area contributed by atoms with Crippen molar-refractivity contribution in [1.82, 2.24) is 9.78 Å². The Labute approximate surface area is 149 Å². The number of hydrogen-bond acceptors (Lipinski definition) is 4. The molecular weight excluding hydrogens is 346 g/mol. The van der Waals surface area contributed by atoms with Gasteiger partial charge in [-0.15, -0.1) is 11.8 Å². The lowest BCUT2D eigenvalue weighted by molar-refractivity contribution is -0.113. The van der Waals surface area contributed by atoms with Crippen LogP contribution in [-0.2, 0) is 4.79 Å². The van der Waals surface area contributed by atoms with Gasteiger partial charge in [-0.05, 0) is 30.5 Å². The summed E-state index contributed by atoms with van der Waals surface area (Å²) in [6.07, 6.45) is 6.48. The van der Waals surface area contributed by atoms with Gasteiger partial charge in [-0.3, -0.25) is 4.79 Å². The zero-order chi connectivity index (χ0) is 16.7. The lowest BCUT2D eigenvalue weighted by atomic mass is 10.1. The number of carbonyl (C=O) groups excluding carboxylic acids is 1. The first-order chi connectivity index (χ1) is 11.6.